The molecule has 0 saturated heterocycles. The quantitative estimate of drug-likeness (QED) is 0.746. The number of nitrogens with zero attached hydrogens (tertiary/aromatic N) is 2. The van der Waals surface area contributed by atoms with Gasteiger partial charge in [0, 0.05) is 12.0 Å². The van der Waals surface area contributed by atoms with E-state index in [1.807, 2.05) is 20.8 Å². The second kappa shape index (κ2) is 4.35. The molecule has 1 aromatic rings. The molecule has 0 aromatic carbocycles. The number of aromatic nitrogens is 2. The number of rotatable bonds is 3. The molecule has 0 aliphatic heterocycles. The summed E-state index contributed by atoms with van der Waals surface area (Å²) in [5, 5.41) is 4.85. The zero-order chi connectivity index (χ0) is 11.6. The summed E-state index contributed by atoms with van der Waals surface area (Å²) in [7, 11) is 0. The largest absolute Gasteiger partial charge is 0.298 e. The average molecular weight is 229 g/mol. The van der Waals surface area contributed by atoms with Crippen LogP contribution in [0.5, 0.6) is 0 Å². The van der Waals surface area contributed by atoms with E-state index >= 15 is 0 Å². The van der Waals surface area contributed by atoms with Crippen LogP contribution in [-0.4, -0.2) is 16.1 Å². The van der Waals surface area contributed by atoms with Gasteiger partial charge in [-0.25, -0.2) is 0 Å². The monoisotopic (exact) mass is 228 g/mol. The zero-order valence-electron chi connectivity index (χ0n) is 9.67. The Morgan fingerprint density at radius 1 is 1.47 bits per heavy atom. The minimum absolute atomic E-state index is 0.154. The fraction of sp³-hybridized carbons (Fsp3) is 0.636. The summed E-state index contributed by atoms with van der Waals surface area (Å²) in [6, 6.07) is 0. The molecular weight excluding hydrogens is 212 g/mol. The first-order valence-corrected chi connectivity index (χ1v) is 5.51. The van der Waals surface area contributed by atoms with E-state index in [2.05, 4.69) is 12.0 Å². The van der Waals surface area contributed by atoms with E-state index in [1.165, 1.54) is 0 Å². The van der Waals surface area contributed by atoms with Crippen LogP contribution < -0.4 is 0 Å². The Kier molecular flexibility index (Phi) is 3.55. The van der Waals surface area contributed by atoms with E-state index in [1.54, 1.807) is 4.68 Å². The summed E-state index contributed by atoms with van der Waals surface area (Å²) in [4.78, 5) is 11.0. The van der Waals surface area contributed by atoms with Crippen LogP contribution >= 0.6 is 11.6 Å². The van der Waals surface area contributed by atoms with Crippen LogP contribution in [0.2, 0.25) is 5.15 Å². The Bertz CT molecular complexity index is 363. The first-order valence-electron chi connectivity index (χ1n) is 5.13. The number of aryl methyl sites for hydroxylation is 1. The van der Waals surface area contributed by atoms with Crippen molar-refractivity contribution in [3.63, 3.8) is 0 Å². The molecule has 0 fully saturated rings. The van der Waals surface area contributed by atoms with Gasteiger partial charge in [0.1, 0.15) is 5.15 Å². The van der Waals surface area contributed by atoms with Gasteiger partial charge < -0.3 is 0 Å². The summed E-state index contributed by atoms with van der Waals surface area (Å²) < 4.78 is 1.70. The number of hydrogen-bond donors (Lipinski definition) is 0. The number of halogens is 1. The molecule has 0 unspecified atom stereocenters. The Morgan fingerprint density at radius 2 is 2.07 bits per heavy atom. The fourth-order valence-corrected chi connectivity index (χ4v) is 1.73. The Hall–Kier alpha value is -0.830. The highest BCUT2D eigenvalue weighted by atomic mass is 35.5. The molecule has 0 bridgehead atoms. The molecule has 0 saturated carbocycles. The molecule has 15 heavy (non-hydrogen) atoms. The smallest absolute Gasteiger partial charge is 0.155 e. The Balaban J connectivity index is 3.28. The van der Waals surface area contributed by atoms with Crippen LogP contribution in [-0.2, 0) is 12.0 Å². The van der Waals surface area contributed by atoms with Crippen LogP contribution in [0, 0.1) is 0 Å². The molecule has 1 rings (SSSR count). The topological polar surface area (TPSA) is 34.9 Å². The Morgan fingerprint density at radius 3 is 2.40 bits per heavy atom. The van der Waals surface area contributed by atoms with Gasteiger partial charge in [-0.05, 0) is 6.42 Å². The molecule has 0 N–H and O–H groups in total. The van der Waals surface area contributed by atoms with Gasteiger partial charge in [-0.15, -0.1) is 0 Å². The van der Waals surface area contributed by atoms with Gasteiger partial charge in [-0.3, -0.25) is 9.48 Å². The van der Waals surface area contributed by atoms with Crippen molar-refractivity contribution in [2.75, 3.05) is 0 Å². The van der Waals surface area contributed by atoms with Crippen molar-refractivity contribution in [1.82, 2.24) is 9.78 Å². The molecule has 84 valence electrons. The van der Waals surface area contributed by atoms with Crippen molar-refractivity contribution in [3.8, 4) is 0 Å². The first-order chi connectivity index (χ1) is 6.91. The molecule has 3 nitrogen and oxygen atoms in total. The lowest BCUT2D eigenvalue weighted by Crippen LogP contribution is -2.14. The van der Waals surface area contributed by atoms with Gasteiger partial charge in [0.2, 0.25) is 0 Å². The number of carbonyl (C=O) groups is 1. The SMILES string of the molecule is CCCn1nc(C(C)(C)C)c(C=O)c1Cl. The second-order valence-electron chi connectivity index (χ2n) is 4.64. The summed E-state index contributed by atoms with van der Waals surface area (Å²) in [6.45, 7) is 8.87. The molecule has 0 spiro atoms. The average Bonchev–Trinajstić information content (AvgIpc) is 2.44. The van der Waals surface area contributed by atoms with E-state index in [4.69, 9.17) is 11.6 Å². The molecular formula is C11H17ClN2O. The third-order valence-electron chi connectivity index (χ3n) is 2.19. The van der Waals surface area contributed by atoms with Gasteiger partial charge in [0.25, 0.3) is 0 Å². The third-order valence-corrected chi connectivity index (χ3v) is 2.59. The van der Waals surface area contributed by atoms with Gasteiger partial charge >= 0.3 is 0 Å². The summed E-state index contributed by atoms with van der Waals surface area (Å²) in [5.74, 6) is 0. The highest BCUT2D eigenvalue weighted by molar-refractivity contribution is 6.32. The predicted octanol–water partition coefficient (Wildman–Crippen LogP) is 3.06. The summed E-state index contributed by atoms with van der Waals surface area (Å²) in [5.41, 5.74) is 1.15. The van der Waals surface area contributed by atoms with Crippen LogP contribution in [0.1, 0.15) is 50.2 Å². The van der Waals surface area contributed by atoms with Gasteiger partial charge in [-0.2, -0.15) is 5.10 Å². The molecule has 0 aliphatic rings. The molecule has 0 atom stereocenters. The molecule has 0 aliphatic carbocycles. The number of carbonyl (C=O) groups excluding carboxylic acids is 1. The van der Waals surface area contributed by atoms with Gasteiger partial charge in [-0.1, -0.05) is 39.3 Å². The maximum absolute atomic E-state index is 11.0. The van der Waals surface area contributed by atoms with E-state index in [0.29, 0.717) is 10.7 Å². The van der Waals surface area contributed by atoms with E-state index in [9.17, 15) is 4.79 Å². The minimum Gasteiger partial charge on any atom is -0.298 e. The van der Waals surface area contributed by atoms with Crippen molar-refractivity contribution < 1.29 is 4.79 Å². The lowest BCUT2D eigenvalue weighted by Gasteiger charge is -2.15. The van der Waals surface area contributed by atoms with Crippen molar-refractivity contribution >= 4 is 17.9 Å². The highest BCUT2D eigenvalue weighted by Crippen LogP contribution is 2.28. The first kappa shape index (κ1) is 12.2. The van der Waals surface area contributed by atoms with Crippen molar-refractivity contribution in [2.24, 2.45) is 0 Å². The van der Waals surface area contributed by atoms with E-state index < -0.39 is 0 Å². The standard InChI is InChI=1S/C11H17ClN2O/c1-5-6-14-10(12)8(7-15)9(13-14)11(2,3)4/h7H,5-6H2,1-4H3. The maximum Gasteiger partial charge on any atom is 0.155 e. The van der Waals surface area contributed by atoms with E-state index in [-0.39, 0.29) is 5.41 Å². The van der Waals surface area contributed by atoms with Crippen LogP contribution in [0.3, 0.4) is 0 Å². The lowest BCUT2D eigenvalue weighted by molar-refractivity contribution is 0.112. The van der Waals surface area contributed by atoms with Crippen molar-refractivity contribution in [2.45, 2.75) is 46.1 Å². The highest BCUT2D eigenvalue weighted by Gasteiger charge is 2.25. The maximum atomic E-state index is 11.0. The van der Waals surface area contributed by atoms with Gasteiger partial charge in [0.15, 0.2) is 6.29 Å². The third kappa shape index (κ3) is 2.40. The molecule has 1 aromatic heterocycles. The normalized spacial score (nSPS) is 11.8. The molecule has 1 heterocycles. The fourth-order valence-electron chi connectivity index (χ4n) is 1.47. The minimum atomic E-state index is -0.154. The van der Waals surface area contributed by atoms with Crippen LogP contribution in [0.15, 0.2) is 0 Å². The van der Waals surface area contributed by atoms with Gasteiger partial charge in [0.05, 0.1) is 11.3 Å². The van der Waals surface area contributed by atoms with Crippen LogP contribution in [0.4, 0.5) is 0 Å². The molecule has 0 radical (unpaired) electrons. The Labute approximate surface area is 95.4 Å². The van der Waals surface area contributed by atoms with E-state index in [0.717, 1.165) is 24.9 Å². The van der Waals surface area contributed by atoms with Crippen LogP contribution in [0.25, 0.3) is 0 Å². The zero-order valence-corrected chi connectivity index (χ0v) is 10.4. The number of aldehydes is 1. The second-order valence-corrected chi connectivity index (χ2v) is 5.00. The number of hydrogen-bond acceptors (Lipinski definition) is 2. The van der Waals surface area contributed by atoms with Crippen molar-refractivity contribution in [1.29, 1.82) is 0 Å². The predicted molar refractivity (Wildman–Crippen MR) is 61.6 cm³/mol. The molecule has 0 amide bonds. The van der Waals surface area contributed by atoms with Crippen molar-refractivity contribution in [3.05, 3.63) is 16.4 Å². The summed E-state index contributed by atoms with van der Waals surface area (Å²) in [6.07, 6.45) is 1.74. The summed E-state index contributed by atoms with van der Waals surface area (Å²) >= 11 is 6.08. The molecule has 4 heteroatoms. The lowest BCUT2D eigenvalue weighted by atomic mass is 9.90.